The zero-order valence-electron chi connectivity index (χ0n) is 15.9. The Hall–Kier alpha value is -2.48. The molecular formula is C23H25N2+. The van der Waals surface area contributed by atoms with Gasteiger partial charge in [-0.1, -0.05) is 26.0 Å². The van der Waals surface area contributed by atoms with E-state index in [1.54, 1.807) is 0 Å². The quantitative estimate of drug-likeness (QED) is 0.586. The lowest BCUT2D eigenvalue weighted by molar-refractivity contribution is -0.660. The molecule has 0 saturated heterocycles. The molecule has 4 rings (SSSR count). The van der Waals surface area contributed by atoms with Crippen molar-refractivity contribution >= 4 is 0 Å². The van der Waals surface area contributed by atoms with Crippen molar-refractivity contribution in [2.75, 3.05) is 0 Å². The van der Waals surface area contributed by atoms with Crippen molar-refractivity contribution in [1.82, 2.24) is 4.98 Å². The molecule has 25 heavy (non-hydrogen) atoms. The van der Waals surface area contributed by atoms with E-state index in [-0.39, 0.29) is 5.41 Å². The lowest BCUT2D eigenvalue weighted by Crippen LogP contribution is -2.31. The number of aromatic nitrogens is 2. The monoisotopic (exact) mass is 329 g/mol. The fourth-order valence-corrected chi connectivity index (χ4v) is 4.13. The summed E-state index contributed by atoms with van der Waals surface area (Å²) in [7, 11) is 2.12. The van der Waals surface area contributed by atoms with Crippen molar-refractivity contribution in [3.8, 4) is 22.4 Å². The summed E-state index contributed by atoms with van der Waals surface area (Å²) >= 11 is 0. The number of nitrogens with zero attached hydrogens (tertiary/aromatic N) is 2. The van der Waals surface area contributed by atoms with Gasteiger partial charge < -0.3 is 0 Å². The second-order valence-corrected chi connectivity index (χ2v) is 7.89. The molecule has 126 valence electrons. The molecule has 0 radical (unpaired) electrons. The summed E-state index contributed by atoms with van der Waals surface area (Å²) in [6, 6.07) is 13.5. The highest BCUT2D eigenvalue weighted by Gasteiger charge is 2.38. The smallest absolute Gasteiger partial charge is 0.212 e. The van der Waals surface area contributed by atoms with E-state index in [0.717, 1.165) is 5.69 Å². The van der Waals surface area contributed by atoms with Gasteiger partial charge in [-0.2, -0.15) is 0 Å². The number of aryl methyl sites for hydroxylation is 4. The first-order chi connectivity index (χ1) is 11.8. The Morgan fingerprint density at radius 2 is 1.64 bits per heavy atom. The van der Waals surface area contributed by atoms with E-state index in [1.165, 1.54) is 44.8 Å². The normalized spacial score (nSPS) is 14.3. The molecule has 0 bridgehead atoms. The van der Waals surface area contributed by atoms with Crippen LogP contribution in [0.4, 0.5) is 0 Å². The molecule has 0 unspecified atom stereocenters. The van der Waals surface area contributed by atoms with Crippen LogP contribution in [0.3, 0.4) is 0 Å². The molecule has 1 aliphatic carbocycles. The van der Waals surface area contributed by atoms with E-state index in [4.69, 9.17) is 4.98 Å². The van der Waals surface area contributed by atoms with Gasteiger partial charge in [0.25, 0.3) is 0 Å². The Labute approximate surface area is 150 Å². The third-order valence-electron chi connectivity index (χ3n) is 5.51. The number of fused-ring (bicyclic) bond motifs is 3. The predicted molar refractivity (Wildman–Crippen MR) is 103 cm³/mol. The van der Waals surface area contributed by atoms with Gasteiger partial charge in [0.2, 0.25) is 5.69 Å². The van der Waals surface area contributed by atoms with Crippen LogP contribution in [-0.4, -0.2) is 4.98 Å². The molecule has 2 nitrogen and oxygen atoms in total. The molecule has 0 spiro atoms. The molecule has 2 aromatic heterocycles. The maximum absolute atomic E-state index is 4.88. The van der Waals surface area contributed by atoms with Crippen LogP contribution >= 0.6 is 0 Å². The predicted octanol–water partition coefficient (Wildman–Crippen LogP) is 4.80. The van der Waals surface area contributed by atoms with Gasteiger partial charge in [0.1, 0.15) is 7.05 Å². The van der Waals surface area contributed by atoms with Gasteiger partial charge >= 0.3 is 0 Å². The fourth-order valence-electron chi connectivity index (χ4n) is 4.13. The first-order valence-corrected chi connectivity index (χ1v) is 8.89. The molecule has 0 atom stereocenters. The van der Waals surface area contributed by atoms with E-state index in [0.29, 0.717) is 0 Å². The minimum atomic E-state index is -0.0671. The van der Waals surface area contributed by atoms with Crippen LogP contribution in [-0.2, 0) is 12.5 Å². The highest BCUT2D eigenvalue weighted by atomic mass is 14.9. The van der Waals surface area contributed by atoms with Gasteiger partial charge in [0.15, 0.2) is 6.20 Å². The SMILES string of the molecule is Cc1ccc(-c2cc3c(cc2C)-c2ccc(C)nc2C3(C)C)[n+](C)c1. The summed E-state index contributed by atoms with van der Waals surface area (Å²) in [5.41, 5.74) is 11.4. The van der Waals surface area contributed by atoms with Crippen LogP contribution in [0.2, 0.25) is 0 Å². The van der Waals surface area contributed by atoms with Crippen LogP contribution in [0.5, 0.6) is 0 Å². The molecule has 0 N–H and O–H groups in total. The van der Waals surface area contributed by atoms with Crippen LogP contribution < -0.4 is 4.57 Å². The second kappa shape index (κ2) is 5.26. The Morgan fingerprint density at radius 3 is 2.36 bits per heavy atom. The zero-order valence-corrected chi connectivity index (χ0v) is 15.9. The molecular weight excluding hydrogens is 304 g/mol. The van der Waals surface area contributed by atoms with Gasteiger partial charge in [-0.15, -0.1) is 0 Å². The first-order valence-electron chi connectivity index (χ1n) is 8.89. The molecule has 0 amide bonds. The zero-order chi connectivity index (χ0) is 17.9. The summed E-state index contributed by atoms with van der Waals surface area (Å²) in [4.78, 5) is 4.88. The second-order valence-electron chi connectivity index (χ2n) is 7.89. The Kier molecular flexibility index (Phi) is 3.37. The van der Waals surface area contributed by atoms with Gasteiger partial charge in [0.05, 0.1) is 5.69 Å². The van der Waals surface area contributed by atoms with E-state index in [9.17, 15) is 0 Å². The number of hydrogen-bond acceptors (Lipinski definition) is 1. The molecule has 2 heterocycles. The first kappa shape index (κ1) is 16.0. The fraction of sp³-hybridized carbons (Fsp3) is 0.304. The average molecular weight is 329 g/mol. The van der Waals surface area contributed by atoms with Crippen LogP contribution in [0.25, 0.3) is 22.4 Å². The molecule has 0 aliphatic heterocycles. The number of hydrogen-bond donors (Lipinski definition) is 0. The summed E-state index contributed by atoms with van der Waals surface area (Å²) in [6.45, 7) is 11.0. The third kappa shape index (κ3) is 2.31. The highest BCUT2D eigenvalue weighted by molar-refractivity contribution is 5.83. The van der Waals surface area contributed by atoms with Crippen LogP contribution in [0.1, 0.15) is 41.9 Å². The average Bonchev–Trinajstić information content (AvgIpc) is 2.75. The minimum absolute atomic E-state index is 0.0671. The summed E-state index contributed by atoms with van der Waals surface area (Å²) < 4.78 is 2.22. The van der Waals surface area contributed by atoms with Gasteiger partial charge in [-0.05, 0) is 55.7 Å². The third-order valence-corrected chi connectivity index (χ3v) is 5.51. The molecule has 1 aliphatic rings. The van der Waals surface area contributed by atoms with Crippen molar-refractivity contribution in [1.29, 1.82) is 0 Å². The maximum atomic E-state index is 4.88. The lowest BCUT2D eigenvalue weighted by atomic mass is 9.83. The van der Waals surface area contributed by atoms with Gasteiger partial charge in [-0.3, -0.25) is 4.98 Å². The van der Waals surface area contributed by atoms with Crippen molar-refractivity contribution in [2.45, 2.75) is 40.0 Å². The molecule has 0 saturated carbocycles. The van der Waals surface area contributed by atoms with E-state index in [1.807, 2.05) is 0 Å². The summed E-state index contributed by atoms with van der Waals surface area (Å²) in [5.74, 6) is 0. The standard InChI is InChI=1S/C23H25N2/c1-14-7-10-21(25(6)13-14)18-12-20-19(11-15(18)2)17-9-8-16(3)24-22(17)23(20,4)5/h7-13H,1-6H3/q+1. The van der Waals surface area contributed by atoms with Crippen molar-refractivity contribution in [3.05, 3.63) is 70.7 Å². The molecule has 1 aromatic carbocycles. The van der Waals surface area contributed by atoms with E-state index < -0.39 is 0 Å². The molecule has 3 aromatic rings. The summed E-state index contributed by atoms with van der Waals surface area (Å²) in [6.07, 6.45) is 2.19. The largest absolute Gasteiger partial charge is 0.257 e. The lowest BCUT2D eigenvalue weighted by Gasteiger charge is -2.21. The van der Waals surface area contributed by atoms with E-state index >= 15 is 0 Å². The van der Waals surface area contributed by atoms with Crippen molar-refractivity contribution < 1.29 is 4.57 Å². The molecule has 2 heteroatoms. The van der Waals surface area contributed by atoms with Crippen molar-refractivity contribution in [3.63, 3.8) is 0 Å². The van der Waals surface area contributed by atoms with Gasteiger partial charge in [-0.25, -0.2) is 4.57 Å². The number of rotatable bonds is 1. The van der Waals surface area contributed by atoms with Crippen LogP contribution in [0, 0.1) is 20.8 Å². The number of pyridine rings is 2. The molecule has 0 fully saturated rings. The van der Waals surface area contributed by atoms with Gasteiger partial charge in [0, 0.05) is 33.9 Å². The maximum Gasteiger partial charge on any atom is 0.212 e. The van der Waals surface area contributed by atoms with Crippen molar-refractivity contribution in [2.24, 2.45) is 7.05 Å². The number of benzene rings is 1. The Bertz CT molecular complexity index is 1010. The topological polar surface area (TPSA) is 16.8 Å². The van der Waals surface area contributed by atoms with E-state index in [2.05, 4.69) is 88.8 Å². The summed E-state index contributed by atoms with van der Waals surface area (Å²) in [5, 5.41) is 0. The Balaban J connectivity index is 1.98. The van der Waals surface area contributed by atoms with Crippen LogP contribution in [0.15, 0.2) is 42.6 Å². The highest BCUT2D eigenvalue weighted by Crippen LogP contribution is 2.49. The Morgan fingerprint density at radius 1 is 0.880 bits per heavy atom. The minimum Gasteiger partial charge on any atom is -0.257 e.